The molecular weight excluding hydrogens is 364 g/mol. The normalized spacial score (nSPS) is 27.5. The highest BCUT2D eigenvalue weighted by atomic mass is 16.3. The zero-order valence-electron chi connectivity index (χ0n) is 17.1. The van der Waals surface area contributed by atoms with Crippen molar-refractivity contribution in [3.8, 4) is 0 Å². The molecule has 1 unspecified atom stereocenters. The summed E-state index contributed by atoms with van der Waals surface area (Å²) in [5.41, 5.74) is 2.92. The highest BCUT2D eigenvalue weighted by Gasteiger charge is 2.57. The number of amides is 2. The first-order valence-electron chi connectivity index (χ1n) is 10.5. The number of carbonyl (C=O) groups excluding carboxylic acids is 2. The molecule has 1 saturated heterocycles. The summed E-state index contributed by atoms with van der Waals surface area (Å²) in [6.07, 6.45) is 15.8. The molecule has 2 amide bonds. The number of nitrogens with zero attached hydrogens (tertiary/aromatic N) is 1. The summed E-state index contributed by atoms with van der Waals surface area (Å²) in [5.74, 6) is 0.243. The van der Waals surface area contributed by atoms with E-state index in [4.69, 9.17) is 0 Å². The predicted molar refractivity (Wildman–Crippen MR) is 113 cm³/mol. The molecule has 2 N–H and O–H groups in total. The summed E-state index contributed by atoms with van der Waals surface area (Å²) >= 11 is 0. The van der Waals surface area contributed by atoms with Crippen molar-refractivity contribution in [3.05, 3.63) is 70.6 Å². The fraction of sp³-hybridized carbons (Fsp3) is 0.417. The Balaban J connectivity index is 1.97. The first-order valence-corrected chi connectivity index (χ1v) is 10.5. The summed E-state index contributed by atoms with van der Waals surface area (Å²) in [5, 5.41) is 13.4. The standard InChI is InChI=1S/C24H28N2O3/c1-3-12-25-23(29)24-11-10-21(28)26(13-4-2)22(24)19-9-8-18(27)14-16-6-5-7-17(24)15-20(16)19/h5-9,14-15,22,27H,3-4,10-13H2,1-2H3,(H,25,29)/t22?,24-/m0/s1. The molecule has 152 valence electrons. The van der Waals surface area contributed by atoms with Gasteiger partial charge in [-0.2, -0.15) is 0 Å². The molecule has 0 aromatic carbocycles. The minimum Gasteiger partial charge on any atom is -0.508 e. The Morgan fingerprint density at radius 1 is 1.24 bits per heavy atom. The van der Waals surface area contributed by atoms with E-state index in [1.54, 1.807) is 12.2 Å². The largest absolute Gasteiger partial charge is 0.508 e. The molecule has 0 aromatic rings. The Bertz CT molecular complexity index is 932. The number of piperidine rings is 1. The number of aliphatic hydroxyl groups is 1. The average molecular weight is 392 g/mol. The minimum absolute atomic E-state index is 0.0151. The Labute approximate surface area is 171 Å². The maximum absolute atomic E-state index is 13.6. The lowest BCUT2D eigenvalue weighted by molar-refractivity contribution is -0.146. The number of aliphatic hydroxyl groups excluding tert-OH is 1. The summed E-state index contributed by atoms with van der Waals surface area (Å²) in [6, 6.07) is -0.378. The van der Waals surface area contributed by atoms with Crippen LogP contribution < -0.4 is 5.32 Å². The van der Waals surface area contributed by atoms with Crippen molar-refractivity contribution in [1.29, 1.82) is 0 Å². The molecule has 4 aliphatic rings. The van der Waals surface area contributed by atoms with Crippen molar-refractivity contribution >= 4 is 11.8 Å². The monoisotopic (exact) mass is 392 g/mol. The van der Waals surface area contributed by atoms with Crippen molar-refractivity contribution in [2.45, 2.75) is 45.6 Å². The van der Waals surface area contributed by atoms with E-state index in [-0.39, 0.29) is 23.6 Å². The molecule has 2 atom stereocenters. The third kappa shape index (κ3) is 3.00. The molecule has 3 aliphatic carbocycles. The van der Waals surface area contributed by atoms with E-state index in [0.717, 1.165) is 35.1 Å². The molecule has 1 aliphatic heterocycles. The number of allylic oxidation sites excluding steroid dienone is 8. The second kappa shape index (κ2) is 7.54. The number of likely N-dealkylation sites (tertiary alicyclic amines) is 1. The van der Waals surface area contributed by atoms with Gasteiger partial charge in [-0.05, 0) is 59.8 Å². The lowest BCUT2D eigenvalue weighted by Gasteiger charge is -2.52. The SMILES string of the molecule is CCCNC(=O)[C@]12CCC(=O)N(CCC)C1C1=CC=C(O)C=C3C=CC=C2C=C31. The maximum atomic E-state index is 13.6. The van der Waals surface area contributed by atoms with Crippen molar-refractivity contribution in [2.24, 2.45) is 5.41 Å². The fourth-order valence-electron chi connectivity index (χ4n) is 4.99. The van der Waals surface area contributed by atoms with Gasteiger partial charge < -0.3 is 15.3 Å². The Kier molecular flexibility index (Phi) is 5.07. The minimum atomic E-state index is -0.818. The zero-order valence-corrected chi connectivity index (χ0v) is 17.1. The number of hydrogen-bond acceptors (Lipinski definition) is 3. The van der Waals surface area contributed by atoms with Gasteiger partial charge in [-0.15, -0.1) is 0 Å². The molecule has 0 spiro atoms. The van der Waals surface area contributed by atoms with Crippen LogP contribution in [-0.2, 0) is 9.59 Å². The summed E-state index contributed by atoms with van der Waals surface area (Å²) in [7, 11) is 0. The van der Waals surface area contributed by atoms with Gasteiger partial charge in [-0.1, -0.05) is 38.2 Å². The molecule has 2 bridgehead atoms. The van der Waals surface area contributed by atoms with Crippen molar-refractivity contribution in [3.63, 3.8) is 0 Å². The third-order valence-electron chi connectivity index (χ3n) is 6.26. The molecule has 4 rings (SSSR count). The van der Waals surface area contributed by atoms with Gasteiger partial charge in [0.15, 0.2) is 0 Å². The summed E-state index contributed by atoms with van der Waals surface area (Å²) in [4.78, 5) is 28.5. The van der Waals surface area contributed by atoms with E-state index in [1.165, 1.54) is 0 Å². The van der Waals surface area contributed by atoms with Gasteiger partial charge in [0.2, 0.25) is 11.8 Å². The molecule has 29 heavy (non-hydrogen) atoms. The van der Waals surface area contributed by atoms with E-state index in [1.807, 2.05) is 36.1 Å². The van der Waals surface area contributed by atoms with Gasteiger partial charge >= 0.3 is 0 Å². The van der Waals surface area contributed by atoms with Gasteiger partial charge in [-0.25, -0.2) is 0 Å². The molecular formula is C24H28N2O3. The Morgan fingerprint density at radius 3 is 2.83 bits per heavy atom. The van der Waals surface area contributed by atoms with Gasteiger partial charge in [0, 0.05) is 19.5 Å². The average Bonchev–Trinajstić information content (AvgIpc) is 2.98. The van der Waals surface area contributed by atoms with Crippen LogP contribution in [0, 0.1) is 5.41 Å². The first-order chi connectivity index (χ1) is 14.0. The topological polar surface area (TPSA) is 69.6 Å². The molecule has 5 heteroatoms. The van der Waals surface area contributed by atoms with Gasteiger partial charge in [0.05, 0.1) is 11.5 Å². The third-order valence-corrected chi connectivity index (χ3v) is 6.26. The van der Waals surface area contributed by atoms with Crippen molar-refractivity contribution in [1.82, 2.24) is 10.2 Å². The molecule has 5 nitrogen and oxygen atoms in total. The number of carbonyl (C=O) groups is 2. The smallest absolute Gasteiger partial charge is 0.233 e. The van der Waals surface area contributed by atoms with Gasteiger partial charge in [0.25, 0.3) is 0 Å². The molecule has 1 heterocycles. The van der Waals surface area contributed by atoms with Crippen LogP contribution in [0.4, 0.5) is 0 Å². The van der Waals surface area contributed by atoms with Gasteiger partial charge in [-0.3, -0.25) is 9.59 Å². The van der Waals surface area contributed by atoms with E-state index in [2.05, 4.69) is 18.3 Å². The highest BCUT2D eigenvalue weighted by molar-refractivity contribution is 5.94. The number of hydrogen-bond donors (Lipinski definition) is 2. The van der Waals surface area contributed by atoms with E-state index >= 15 is 0 Å². The van der Waals surface area contributed by atoms with E-state index < -0.39 is 5.41 Å². The van der Waals surface area contributed by atoms with Crippen molar-refractivity contribution < 1.29 is 14.7 Å². The molecule has 0 radical (unpaired) electrons. The van der Waals surface area contributed by atoms with Crippen LogP contribution in [0.5, 0.6) is 0 Å². The van der Waals surface area contributed by atoms with Crippen LogP contribution in [0.2, 0.25) is 0 Å². The van der Waals surface area contributed by atoms with Crippen molar-refractivity contribution in [2.75, 3.05) is 13.1 Å². The number of rotatable bonds is 5. The summed E-state index contributed by atoms with van der Waals surface area (Å²) < 4.78 is 0. The summed E-state index contributed by atoms with van der Waals surface area (Å²) in [6.45, 7) is 5.30. The molecule has 0 saturated carbocycles. The quantitative estimate of drug-likeness (QED) is 0.750. The second-order valence-electron chi connectivity index (χ2n) is 8.07. The zero-order chi connectivity index (χ0) is 20.6. The van der Waals surface area contributed by atoms with Crippen LogP contribution in [0.25, 0.3) is 0 Å². The van der Waals surface area contributed by atoms with Crippen LogP contribution in [0.1, 0.15) is 39.5 Å². The predicted octanol–water partition coefficient (Wildman–Crippen LogP) is 3.64. The van der Waals surface area contributed by atoms with Gasteiger partial charge in [0.1, 0.15) is 5.76 Å². The molecule has 1 fully saturated rings. The van der Waals surface area contributed by atoms with Crippen LogP contribution in [-0.4, -0.2) is 41.0 Å². The second-order valence-corrected chi connectivity index (χ2v) is 8.07. The fourth-order valence-corrected chi connectivity index (χ4v) is 4.99. The lowest BCUT2D eigenvalue weighted by Crippen LogP contribution is -2.63. The molecule has 0 aromatic heterocycles. The lowest BCUT2D eigenvalue weighted by atomic mass is 9.60. The number of nitrogens with one attached hydrogen (secondary N) is 1. The Morgan fingerprint density at radius 2 is 2.07 bits per heavy atom. The van der Waals surface area contributed by atoms with Crippen LogP contribution in [0.3, 0.4) is 0 Å². The Hall–Kier alpha value is -2.82. The van der Waals surface area contributed by atoms with Crippen LogP contribution in [0.15, 0.2) is 70.6 Å². The van der Waals surface area contributed by atoms with E-state index in [0.29, 0.717) is 25.9 Å². The van der Waals surface area contributed by atoms with E-state index in [9.17, 15) is 14.7 Å². The van der Waals surface area contributed by atoms with Crippen LogP contribution >= 0.6 is 0 Å². The highest BCUT2D eigenvalue weighted by Crippen LogP contribution is 2.53. The maximum Gasteiger partial charge on any atom is 0.233 e. The number of fused-ring (bicyclic) bond motifs is 4. The first kappa shape index (κ1) is 19.5.